The molecule has 2 aliphatic rings. The van der Waals surface area contributed by atoms with E-state index in [-0.39, 0.29) is 11.8 Å². The molecule has 2 rings (SSSR count). The largest absolute Gasteiger partial charge is 0.392 e. The van der Waals surface area contributed by atoms with Crippen LogP contribution in [0.5, 0.6) is 0 Å². The number of hydrogen-bond acceptors (Lipinski definition) is 3. The van der Waals surface area contributed by atoms with Crippen LogP contribution in [0.2, 0.25) is 0 Å². The first-order valence-electron chi connectivity index (χ1n) is 5.77. The Balaban J connectivity index is 1.91. The first-order chi connectivity index (χ1) is 7.08. The Labute approximate surface area is 90.6 Å². The molecule has 0 saturated carbocycles. The van der Waals surface area contributed by atoms with Gasteiger partial charge in [0.05, 0.1) is 12.0 Å². The van der Waals surface area contributed by atoms with Crippen molar-refractivity contribution in [1.82, 2.24) is 10.2 Å². The van der Waals surface area contributed by atoms with Crippen molar-refractivity contribution in [2.24, 2.45) is 5.92 Å². The van der Waals surface area contributed by atoms with E-state index in [1.807, 2.05) is 0 Å². The van der Waals surface area contributed by atoms with Crippen molar-refractivity contribution >= 4 is 5.91 Å². The number of fused-ring (bicyclic) bond motifs is 2. The number of aliphatic hydroxyl groups excluding tert-OH is 1. The van der Waals surface area contributed by atoms with Gasteiger partial charge in [-0.3, -0.25) is 4.79 Å². The normalized spacial score (nSPS) is 35.5. The third-order valence-electron chi connectivity index (χ3n) is 3.53. The number of nitrogens with one attached hydrogen (secondary N) is 1. The quantitative estimate of drug-likeness (QED) is 0.690. The van der Waals surface area contributed by atoms with E-state index in [0.29, 0.717) is 18.6 Å². The van der Waals surface area contributed by atoms with Crippen LogP contribution in [0, 0.1) is 5.92 Å². The molecule has 0 aliphatic carbocycles. The zero-order valence-corrected chi connectivity index (χ0v) is 9.44. The molecule has 2 fully saturated rings. The van der Waals surface area contributed by atoms with Crippen molar-refractivity contribution < 1.29 is 9.90 Å². The Morgan fingerprint density at radius 2 is 2.33 bits per heavy atom. The number of carbonyl (C=O) groups excluding carboxylic acids is 1. The van der Waals surface area contributed by atoms with Crippen LogP contribution in [0.3, 0.4) is 0 Å². The minimum absolute atomic E-state index is 0.146. The maximum Gasteiger partial charge on any atom is 0.227 e. The summed E-state index contributed by atoms with van der Waals surface area (Å²) in [6.07, 6.45) is 2.89. The van der Waals surface area contributed by atoms with Crippen LogP contribution < -0.4 is 5.32 Å². The van der Waals surface area contributed by atoms with E-state index in [9.17, 15) is 9.90 Å². The van der Waals surface area contributed by atoms with Gasteiger partial charge in [0.2, 0.25) is 5.91 Å². The monoisotopic (exact) mass is 212 g/mol. The maximum atomic E-state index is 12.0. The molecule has 15 heavy (non-hydrogen) atoms. The van der Waals surface area contributed by atoms with Crippen molar-refractivity contribution in [1.29, 1.82) is 0 Å². The highest BCUT2D eigenvalue weighted by atomic mass is 16.3. The maximum absolute atomic E-state index is 12.0. The third kappa shape index (κ3) is 2.16. The molecule has 4 heteroatoms. The van der Waals surface area contributed by atoms with Gasteiger partial charge >= 0.3 is 0 Å². The van der Waals surface area contributed by atoms with Gasteiger partial charge in [0.15, 0.2) is 0 Å². The predicted octanol–water partition coefficient (Wildman–Crippen LogP) is -0.0339. The molecule has 0 spiro atoms. The molecule has 0 aromatic rings. The summed E-state index contributed by atoms with van der Waals surface area (Å²) < 4.78 is 0. The SMILES string of the molecule is CC(O)CN(C)C(=O)C1CC2CCC1N2. The van der Waals surface area contributed by atoms with E-state index in [0.717, 1.165) is 12.8 Å². The Morgan fingerprint density at radius 3 is 2.80 bits per heavy atom. The number of carbonyl (C=O) groups is 1. The number of aliphatic hydroxyl groups is 1. The standard InChI is InChI=1S/C11H20N2O2/c1-7(14)6-13(2)11(15)9-5-8-3-4-10(9)12-8/h7-10,12,14H,3-6H2,1-2H3. The molecule has 0 aromatic carbocycles. The van der Waals surface area contributed by atoms with Gasteiger partial charge in [-0.05, 0) is 26.2 Å². The molecule has 1 amide bonds. The van der Waals surface area contributed by atoms with E-state index >= 15 is 0 Å². The summed E-state index contributed by atoms with van der Waals surface area (Å²) in [5.74, 6) is 0.336. The zero-order valence-electron chi connectivity index (χ0n) is 9.44. The lowest BCUT2D eigenvalue weighted by Crippen LogP contribution is -2.41. The van der Waals surface area contributed by atoms with Crippen LogP contribution >= 0.6 is 0 Å². The van der Waals surface area contributed by atoms with Crippen LogP contribution in [0.1, 0.15) is 26.2 Å². The van der Waals surface area contributed by atoms with Gasteiger partial charge in [-0.2, -0.15) is 0 Å². The number of rotatable bonds is 3. The highest BCUT2D eigenvalue weighted by Gasteiger charge is 2.43. The average Bonchev–Trinajstić information content (AvgIpc) is 2.76. The van der Waals surface area contributed by atoms with Crippen LogP contribution in [0.25, 0.3) is 0 Å². The van der Waals surface area contributed by atoms with E-state index in [1.54, 1.807) is 18.9 Å². The molecular formula is C11H20N2O2. The van der Waals surface area contributed by atoms with Crippen LogP contribution in [0.4, 0.5) is 0 Å². The first kappa shape index (κ1) is 10.9. The molecule has 4 nitrogen and oxygen atoms in total. The summed E-state index contributed by atoms with van der Waals surface area (Å²) in [5, 5.41) is 12.7. The number of nitrogens with zero attached hydrogens (tertiary/aromatic N) is 1. The Kier molecular flexibility index (Phi) is 2.98. The summed E-state index contributed by atoms with van der Waals surface area (Å²) in [4.78, 5) is 13.7. The van der Waals surface area contributed by atoms with Gasteiger partial charge in [0.1, 0.15) is 0 Å². The van der Waals surface area contributed by atoms with Gasteiger partial charge in [-0.25, -0.2) is 0 Å². The van der Waals surface area contributed by atoms with Crippen LogP contribution in [-0.2, 0) is 4.79 Å². The molecule has 2 heterocycles. The summed E-state index contributed by atoms with van der Waals surface area (Å²) in [6, 6.07) is 0.947. The van der Waals surface area contributed by atoms with E-state index in [4.69, 9.17) is 0 Å². The molecule has 2 N–H and O–H groups in total. The highest BCUT2D eigenvalue weighted by Crippen LogP contribution is 2.34. The van der Waals surface area contributed by atoms with Gasteiger partial charge in [-0.15, -0.1) is 0 Å². The summed E-state index contributed by atoms with van der Waals surface area (Å²) in [7, 11) is 1.78. The average molecular weight is 212 g/mol. The second kappa shape index (κ2) is 4.10. The van der Waals surface area contributed by atoms with Crippen LogP contribution in [-0.4, -0.2) is 47.7 Å². The minimum Gasteiger partial charge on any atom is -0.392 e. The van der Waals surface area contributed by atoms with Crippen molar-refractivity contribution in [2.75, 3.05) is 13.6 Å². The fraction of sp³-hybridized carbons (Fsp3) is 0.909. The van der Waals surface area contributed by atoms with Crippen molar-refractivity contribution in [2.45, 2.75) is 44.4 Å². The highest BCUT2D eigenvalue weighted by molar-refractivity contribution is 5.80. The van der Waals surface area contributed by atoms with Crippen molar-refractivity contribution in [3.63, 3.8) is 0 Å². The van der Waals surface area contributed by atoms with E-state index < -0.39 is 6.10 Å². The van der Waals surface area contributed by atoms with E-state index in [2.05, 4.69) is 5.32 Å². The summed E-state index contributed by atoms with van der Waals surface area (Å²) in [5.41, 5.74) is 0. The smallest absolute Gasteiger partial charge is 0.227 e. The molecular weight excluding hydrogens is 192 g/mol. The van der Waals surface area contributed by atoms with Crippen LogP contribution in [0.15, 0.2) is 0 Å². The molecule has 0 radical (unpaired) electrons. The Morgan fingerprint density at radius 1 is 1.60 bits per heavy atom. The van der Waals surface area contributed by atoms with Gasteiger partial charge in [0, 0.05) is 25.7 Å². The molecule has 2 saturated heterocycles. The summed E-state index contributed by atoms with van der Waals surface area (Å²) >= 11 is 0. The number of amides is 1. The zero-order chi connectivity index (χ0) is 11.0. The Hall–Kier alpha value is -0.610. The van der Waals surface area contributed by atoms with Crippen molar-refractivity contribution in [3.05, 3.63) is 0 Å². The lowest BCUT2D eigenvalue weighted by molar-refractivity contribution is -0.135. The summed E-state index contributed by atoms with van der Waals surface area (Å²) in [6.45, 7) is 2.15. The van der Waals surface area contributed by atoms with Gasteiger partial charge in [-0.1, -0.05) is 0 Å². The first-order valence-corrected chi connectivity index (χ1v) is 5.77. The molecule has 4 unspecified atom stereocenters. The third-order valence-corrected chi connectivity index (χ3v) is 3.53. The van der Waals surface area contributed by atoms with Crippen molar-refractivity contribution in [3.8, 4) is 0 Å². The molecule has 2 aliphatic heterocycles. The number of likely N-dealkylation sites (N-methyl/N-ethyl adjacent to an activating group) is 1. The van der Waals surface area contributed by atoms with Gasteiger partial charge < -0.3 is 15.3 Å². The lowest BCUT2D eigenvalue weighted by Gasteiger charge is -2.26. The molecule has 86 valence electrons. The fourth-order valence-electron chi connectivity index (χ4n) is 2.87. The topological polar surface area (TPSA) is 52.6 Å². The predicted molar refractivity (Wildman–Crippen MR) is 57.4 cm³/mol. The molecule has 0 aromatic heterocycles. The fourth-order valence-corrected chi connectivity index (χ4v) is 2.87. The second-order valence-electron chi connectivity index (χ2n) is 4.96. The minimum atomic E-state index is -0.439. The second-order valence-corrected chi connectivity index (χ2v) is 4.96. The Bertz CT molecular complexity index is 255. The lowest BCUT2D eigenvalue weighted by atomic mass is 9.88. The van der Waals surface area contributed by atoms with Gasteiger partial charge in [0.25, 0.3) is 0 Å². The molecule has 4 atom stereocenters. The molecule has 2 bridgehead atoms. The number of hydrogen-bond donors (Lipinski definition) is 2. The van der Waals surface area contributed by atoms with E-state index in [1.165, 1.54) is 6.42 Å².